The minimum atomic E-state index is -1.73. The first-order valence-corrected chi connectivity index (χ1v) is 10.0. The number of rotatable bonds is 7. The number of benzene rings is 1. The van der Waals surface area contributed by atoms with Gasteiger partial charge in [-0.3, -0.25) is 9.59 Å². The first kappa shape index (κ1) is 24.8. The molecule has 172 valence electrons. The monoisotopic (exact) mass is 436 g/mol. The second kappa shape index (κ2) is 10.2. The average Bonchev–Trinajstić information content (AvgIpc) is 2.83. The van der Waals surface area contributed by atoms with E-state index in [4.69, 9.17) is 9.47 Å². The van der Waals surface area contributed by atoms with Gasteiger partial charge in [-0.15, -0.1) is 0 Å². The van der Waals surface area contributed by atoms with E-state index in [1.165, 1.54) is 18.1 Å². The molecule has 0 aromatic heterocycles. The zero-order chi connectivity index (χ0) is 23.3. The van der Waals surface area contributed by atoms with E-state index in [2.05, 4.69) is 5.32 Å². The molecule has 1 aliphatic heterocycles. The second-order valence-corrected chi connectivity index (χ2v) is 8.59. The summed E-state index contributed by atoms with van der Waals surface area (Å²) in [6.07, 6.45) is -3.30. The van der Waals surface area contributed by atoms with Gasteiger partial charge in [-0.05, 0) is 17.5 Å². The number of ether oxygens (including phenoxy) is 2. The number of methoxy groups -OCH3 is 1. The van der Waals surface area contributed by atoms with Crippen LogP contribution in [0.5, 0.6) is 5.75 Å². The van der Waals surface area contributed by atoms with Crippen LogP contribution in [0.4, 0.5) is 5.69 Å². The molecule has 9 heteroatoms. The highest BCUT2D eigenvalue weighted by atomic mass is 16.5. The predicted molar refractivity (Wildman–Crippen MR) is 115 cm³/mol. The summed E-state index contributed by atoms with van der Waals surface area (Å²) in [5, 5.41) is 33.4. The molecule has 4 N–H and O–H groups in total. The van der Waals surface area contributed by atoms with Gasteiger partial charge in [0.25, 0.3) is 11.8 Å². The molecular formula is C22H32N2O7. The maximum atomic E-state index is 12.8. The molecule has 5 atom stereocenters. The van der Waals surface area contributed by atoms with Crippen molar-refractivity contribution in [1.82, 2.24) is 5.32 Å². The molecule has 0 saturated carbocycles. The van der Waals surface area contributed by atoms with E-state index in [9.17, 15) is 24.9 Å². The van der Waals surface area contributed by atoms with E-state index >= 15 is 0 Å². The minimum Gasteiger partial charge on any atom is -0.489 e. The molecule has 0 bridgehead atoms. The van der Waals surface area contributed by atoms with Crippen molar-refractivity contribution >= 4 is 17.5 Å². The highest BCUT2D eigenvalue weighted by molar-refractivity contribution is 6.01. The topological polar surface area (TPSA) is 129 Å². The number of aliphatic hydroxyl groups is 3. The summed E-state index contributed by atoms with van der Waals surface area (Å²) in [6, 6.07) is 5.95. The van der Waals surface area contributed by atoms with Crippen molar-refractivity contribution in [3.05, 3.63) is 36.4 Å². The van der Waals surface area contributed by atoms with E-state index in [-0.39, 0.29) is 12.0 Å². The normalized spacial score (nSPS) is 21.0. The fourth-order valence-electron chi connectivity index (χ4n) is 3.09. The average molecular weight is 437 g/mol. The Morgan fingerprint density at radius 2 is 1.90 bits per heavy atom. The number of fused-ring (bicyclic) bond motifs is 1. The second-order valence-electron chi connectivity index (χ2n) is 8.59. The van der Waals surface area contributed by atoms with Crippen LogP contribution >= 0.6 is 0 Å². The first-order valence-electron chi connectivity index (χ1n) is 10.0. The largest absolute Gasteiger partial charge is 0.489 e. The number of amides is 2. The third-order valence-electron chi connectivity index (χ3n) is 4.89. The maximum Gasteiger partial charge on any atom is 0.252 e. The molecule has 2 amide bonds. The highest BCUT2D eigenvalue weighted by Crippen LogP contribution is 2.29. The van der Waals surface area contributed by atoms with Crippen molar-refractivity contribution in [2.24, 2.45) is 5.41 Å². The van der Waals surface area contributed by atoms with Crippen LogP contribution in [0.2, 0.25) is 0 Å². The number of anilines is 1. The summed E-state index contributed by atoms with van der Waals surface area (Å²) < 4.78 is 10.7. The lowest BCUT2D eigenvalue weighted by molar-refractivity contribution is -0.150. The lowest BCUT2D eigenvalue weighted by Crippen LogP contribution is -2.56. The predicted octanol–water partition coefficient (Wildman–Crippen LogP) is 0.227. The smallest absolute Gasteiger partial charge is 0.252 e. The van der Waals surface area contributed by atoms with Crippen LogP contribution in [0.1, 0.15) is 20.8 Å². The summed E-state index contributed by atoms with van der Waals surface area (Å²) in [5.41, 5.74) is 0.324. The van der Waals surface area contributed by atoms with Crippen LogP contribution < -0.4 is 15.0 Å². The Morgan fingerprint density at radius 3 is 2.52 bits per heavy atom. The summed E-state index contributed by atoms with van der Waals surface area (Å²) in [4.78, 5) is 26.9. The van der Waals surface area contributed by atoms with E-state index in [1.54, 1.807) is 37.4 Å². The molecule has 0 unspecified atom stereocenters. The summed E-state index contributed by atoms with van der Waals surface area (Å²) in [6.45, 7) is 5.61. The van der Waals surface area contributed by atoms with Gasteiger partial charge in [-0.1, -0.05) is 45.1 Å². The van der Waals surface area contributed by atoms with Gasteiger partial charge in [0.05, 0.1) is 5.69 Å². The highest BCUT2D eigenvalue weighted by Gasteiger charge is 2.38. The molecule has 0 aliphatic carbocycles. The molecular weight excluding hydrogens is 404 g/mol. The van der Waals surface area contributed by atoms with Crippen molar-refractivity contribution in [2.45, 2.75) is 51.2 Å². The molecule has 1 heterocycles. The Kier molecular flexibility index (Phi) is 8.19. The number of aliphatic hydroxyl groups excluding tert-OH is 3. The molecule has 1 aromatic carbocycles. The number of carbonyl (C=O) groups is 2. The van der Waals surface area contributed by atoms with E-state index in [0.29, 0.717) is 11.4 Å². The van der Waals surface area contributed by atoms with Gasteiger partial charge in [0, 0.05) is 14.2 Å². The van der Waals surface area contributed by atoms with Crippen LogP contribution in [0.3, 0.4) is 0 Å². The number of carbonyl (C=O) groups excluding carboxylic acids is 2. The fourth-order valence-corrected chi connectivity index (χ4v) is 3.09. The van der Waals surface area contributed by atoms with Crippen LogP contribution in [-0.2, 0) is 14.3 Å². The number of hydrogen-bond donors (Lipinski definition) is 4. The fraction of sp³-hybridized carbons (Fsp3) is 0.545. The number of para-hydroxylation sites is 2. The van der Waals surface area contributed by atoms with Gasteiger partial charge in [0.1, 0.15) is 36.7 Å². The van der Waals surface area contributed by atoms with Crippen LogP contribution in [0.25, 0.3) is 0 Å². The number of nitrogens with zero attached hydrogens (tertiary/aromatic N) is 1. The summed E-state index contributed by atoms with van der Waals surface area (Å²) >= 11 is 0. The van der Waals surface area contributed by atoms with Crippen LogP contribution in [0, 0.1) is 5.41 Å². The zero-order valence-corrected chi connectivity index (χ0v) is 18.5. The standard InChI is InChI=1S/C22H32N2O7/c1-22(2,3)11-10-15(25)17(26)18(27)19(30-5)20(28)23-13-12-31-16-9-7-6-8-14(16)24(4)21(13)29/h6-11,13,15,17-19,25-27H,12H2,1-5H3,(H,23,28)/t13-,15+,17-,18+,19+/m0/s1. The number of nitrogens with one attached hydrogen (secondary N) is 1. The Hall–Kier alpha value is -2.46. The Bertz CT molecular complexity index is 805. The summed E-state index contributed by atoms with van der Waals surface area (Å²) in [5.74, 6) is -0.721. The van der Waals surface area contributed by atoms with Crippen molar-refractivity contribution in [3.8, 4) is 5.75 Å². The third-order valence-corrected chi connectivity index (χ3v) is 4.89. The maximum absolute atomic E-state index is 12.8. The molecule has 31 heavy (non-hydrogen) atoms. The third kappa shape index (κ3) is 6.27. The number of likely N-dealkylation sites (N-methyl/N-ethyl adjacent to an activating group) is 1. The minimum absolute atomic E-state index is 0.113. The molecule has 9 nitrogen and oxygen atoms in total. The van der Waals surface area contributed by atoms with Crippen LogP contribution in [0.15, 0.2) is 36.4 Å². The van der Waals surface area contributed by atoms with E-state index in [0.717, 1.165) is 0 Å². The molecule has 0 spiro atoms. The van der Waals surface area contributed by atoms with Gasteiger partial charge in [0.15, 0.2) is 6.10 Å². The van der Waals surface area contributed by atoms with Gasteiger partial charge in [0.2, 0.25) is 0 Å². The Labute approximate surface area is 182 Å². The Morgan fingerprint density at radius 1 is 1.26 bits per heavy atom. The molecule has 2 rings (SSSR count). The zero-order valence-electron chi connectivity index (χ0n) is 18.5. The molecule has 0 saturated heterocycles. The van der Waals surface area contributed by atoms with E-state index < -0.39 is 42.3 Å². The number of hydrogen-bond acceptors (Lipinski definition) is 7. The molecule has 1 aliphatic rings. The molecule has 1 aromatic rings. The lowest BCUT2D eigenvalue weighted by Gasteiger charge is -2.28. The van der Waals surface area contributed by atoms with Crippen LogP contribution in [-0.4, -0.2) is 78.4 Å². The van der Waals surface area contributed by atoms with Crippen molar-refractivity contribution in [1.29, 1.82) is 0 Å². The molecule has 0 fully saturated rings. The van der Waals surface area contributed by atoms with Gasteiger partial charge in [-0.2, -0.15) is 0 Å². The molecule has 0 radical (unpaired) electrons. The SMILES string of the molecule is CO[C@@H](C(=O)N[C@H]1COc2ccccc2N(C)C1=O)[C@H](O)[C@@H](O)[C@H](O)C=CC(C)(C)C. The Balaban J connectivity index is 2.08. The quantitative estimate of drug-likeness (QED) is 0.450. The van der Waals surface area contributed by atoms with Gasteiger partial charge >= 0.3 is 0 Å². The van der Waals surface area contributed by atoms with Gasteiger partial charge < -0.3 is 35.0 Å². The number of allylic oxidation sites excluding steroid dienone is 1. The lowest BCUT2D eigenvalue weighted by atomic mass is 9.94. The van der Waals surface area contributed by atoms with Gasteiger partial charge in [-0.25, -0.2) is 0 Å². The van der Waals surface area contributed by atoms with Crippen molar-refractivity contribution in [3.63, 3.8) is 0 Å². The van der Waals surface area contributed by atoms with E-state index in [1.807, 2.05) is 20.8 Å². The van der Waals surface area contributed by atoms with Crippen molar-refractivity contribution in [2.75, 3.05) is 25.7 Å². The van der Waals surface area contributed by atoms with Crippen molar-refractivity contribution < 1.29 is 34.4 Å². The summed E-state index contributed by atoms with van der Waals surface area (Å²) in [7, 11) is 2.75. The first-order chi connectivity index (χ1) is 14.5.